The molecule has 0 saturated carbocycles. The van der Waals surface area contributed by atoms with E-state index in [1.54, 1.807) is 42.2 Å². The molecule has 2 aromatic carbocycles. The molecule has 1 aromatic heterocycles. The smallest absolute Gasteiger partial charge is 0.277 e. The minimum atomic E-state index is -0.377. The van der Waals surface area contributed by atoms with Crippen molar-refractivity contribution in [2.45, 2.75) is 6.92 Å². The quantitative estimate of drug-likeness (QED) is 0.535. The zero-order valence-corrected chi connectivity index (χ0v) is 14.5. The highest BCUT2D eigenvalue weighted by Crippen LogP contribution is 2.11. The third kappa shape index (κ3) is 4.76. The zero-order chi connectivity index (χ0) is 19.1. The maximum absolute atomic E-state index is 11.9. The van der Waals surface area contributed by atoms with Crippen LogP contribution in [0.2, 0.25) is 0 Å². The van der Waals surface area contributed by atoms with Crippen LogP contribution < -0.4 is 10.2 Å². The second-order valence-electron chi connectivity index (χ2n) is 5.54. The summed E-state index contributed by atoms with van der Waals surface area (Å²) < 4.78 is 7.01. The Balaban J connectivity index is 1.53. The van der Waals surface area contributed by atoms with Crippen LogP contribution in [0.4, 0.5) is 0 Å². The van der Waals surface area contributed by atoms with Crippen molar-refractivity contribution in [3.8, 4) is 17.5 Å². The Morgan fingerprint density at radius 1 is 1.22 bits per heavy atom. The van der Waals surface area contributed by atoms with Gasteiger partial charge in [0.15, 0.2) is 6.61 Å². The fourth-order valence-corrected chi connectivity index (χ4v) is 2.21. The second kappa shape index (κ2) is 8.40. The van der Waals surface area contributed by atoms with Gasteiger partial charge in [-0.1, -0.05) is 12.1 Å². The Bertz CT molecular complexity index is 971. The molecule has 3 rings (SSSR count). The fourth-order valence-electron chi connectivity index (χ4n) is 2.21. The Labute approximate surface area is 155 Å². The molecule has 1 amide bonds. The number of hydrazone groups is 1. The van der Waals surface area contributed by atoms with Crippen molar-refractivity contribution >= 4 is 11.6 Å². The number of rotatable bonds is 6. The summed E-state index contributed by atoms with van der Waals surface area (Å²) >= 11 is 0. The summed E-state index contributed by atoms with van der Waals surface area (Å²) in [6, 6.07) is 16.1. The zero-order valence-electron chi connectivity index (χ0n) is 14.5. The van der Waals surface area contributed by atoms with E-state index in [0.29, 0.717) is 17.0 Å². The van der Waals surface area contributed by atoms with E-state index in [0.717, 1.165) is 11.3 Å². The van der Waals surface area contributed by atoms with Gasteiger partial charge in [0, 0.05) is 0 Å². The van der Waals surface area contributed by atoms with Gasteiger partial charge < -0.3 is 4.74 Å². The summed E-state index contributed by atoms with van der Waals surface area (Å²) in [4.78, 5) is 15.8. The van der Waals surface area contributed by atoms with E-state index in [-0.39, 0.29) is 12.5 Å². The molecule has 8 heteroatoms. The van der Waals surface area contributed by atoms with Gasteiger partial charge in [-0.05, 0) is 48.9 Å². The first-order valence-electron chi connectivity index (χ1n) is 8.07. The van der Waals surface area contributed by atoms with Crippen LogP contribution in [0.3, 0.4) is 0 Å². The van der Waals surface area contributed by atoms with Gasteiger partial charge in [-0.25, -0.2) is 15.1 Å². The van der Waals surface area contributed by atoms with Gasteiger partial charge >= 0.3 is 0 Å². The van der Waals surface area contributed by atoms with Crippen LogP contribution in [-0.2, 0) is 4.79 Å². The van der Waals surface area contributed by atoms with Crippen molar-refractivity contribution in [1.82, 2.24) is 20.2 Å². The molecule has 0 unspecified atom stereocenters. The molecule has 0 radical (unpaired) electrons. The van der Waals surface area contributed by atoms with E-state index < -0.39 is 0 Å². The average molecular weight is 360 g/mol. The molecule has 8 nitrogen and oxygen atoms in total. The normalized spacial score (nSPS) is 10.9. The van der Waals surface area contributed by atoms with Crippen molar-refractivity contribution in [3.05, 3.63) is 72.3 Å². The van der Waals surface area contributed by atoms with Gasteiger partial charge in [-0.15, -0.1) is 0 Å². The first-order chi connectivity index (χ1) is 13.2. The minimum absolute atomic E-state index is 0.173. The number of aromatic nitrogens is 3. The highest BCUT2D eigenvalue weighted by atomic mass is 16.5. The highest BCUT2D eigenvalue weighted by molar-refractivity contribution is 5.99. The Hall–Kier alpha value is -3.99. The maximum atomic E-state index is 11.9. The number of hydrogen-bond acceptors (Lipinski definition) is 6. The lowest BCUT2D eigenvalue weighted by Gasteiger charge is -2.06. The van der Waals surface area contributed by atoms with E-state index in [1.807, 2.05) is 30.3 Å². The predicted octanol–water partition coefficient (Wildman–Crippen LogP) is 2.06. The van der Waals surface area contributed by atoms with Crippen molar-refractivity contribution in [3.63, 3.8) is 0 Å². The summed E-state index contributed by atoms with van der Waals surface area (Å²) in [5.74, 6) is 0.131. The molecule has 0 aliphatic heterocycles. The number of carbonyl (C=O) groups excluding carboxylic acids is 1. The number of carbonyl (C=O) groups is 1. The first kappa shape index (κ1) is 17.8. The van der Waals surface area contributed by atoms with Crippen LogP contribution in [0.25, 0.3) is 5.69 Å². The lowest BCUT2D eigenvalue weighted by Crippen LogP contribution is -2.25. The third-order valence-corrected chi connectivity index (χ3v) is 3.67. The molecule has 0 fully saturated rings. The van der Waals surface area contributed by atoms with Crippen molar-refractivity contribution in [1.29, 1.82) is 5.26 Å². The SMILES string of the molecule is C/C(=N\NC(=O)COc1ccc(C#N)cc1)c1ccc(-n2cncn2)cc1. The van der Waals surface area contributed by atoms with Gasteiger partial charge in [-0.2, -0.15) is 15.5 Å². The molecule has 1 heterocycles. The molecule has 134 valence electrons. The first-order valence-corrected chi connectivity index (χ1v) is 8.07. The molecule has 0 aliphatic carbocycles. The van der Waals surface area contributed by atoms with Crippen LogP contribution in [0.5, 0.6) is 5.75 Å². The van der Waals surface area contributed by atoms with Crippen LogP contribution in [0.15, 0.2) is 66.3 Å². The standard InChI is InChI=1S/C19H16N6O2/c1-14(16-4-6-17(7-5-16)25-13-21-12-22-25)23-24-19(26)11-27-18-8-2-15(10-20)3-9-18/h2-9,12-13H,11H2,1H3,(H,24,26)/b23-14+. The third-order valence-electron chi connectivity index (χ3n) is 3.67. The van der Waals surface area contributed by atoms with Crippen LogP contribution in [0, 0.1) is 11.3 Å². The summed E-state index contributed by atoms with van der Waals surface area (Å²) in [6.07, 6.45) is 3.08. The number of amides is 1. The molecule has 1 N–H and O–H groups in total. The summed E-state index contributed by atoms with van der Waals surface area (Å²) in [6.45, 7) is 1.63. The number of nitrogens with one attached hydrogen (secondary N) is 1. The van der Waals surface area contributed by atoms with E-state index in [2.05, 4.69) is 20.6 Å². The largest absolute Gasteiger partial charge is 0.484 e. The highest BCUT2D eigenvalue weighted by Gasteiger charge is 2.04. The molecule has 27 heavy (non-hydrogen) atoms. The lowest BCUT2D eigenvalue weighted by atomic mass is 10.1. The Kier molecular flexibility index (Phi) is 5.54. The van der Waals surface area contributed by atoms with E-state index in [1.165, 1.54) is 6.33 Å². The van der Waals surface area contributed by atoms with Crippen molar-refractivity contribution in [2.24, 2.45) is 5.10 Å². The minimum Gasteiger partial charge on any atom is -0.484 e. The number of hydrogen-bond donors (Lipinski definition) is 1. The molecule has 0 aliphatic rings. The topological polar surface area (TPSA) is 105 Å². The molecular formula is C19H16N6O2. The van der Waals surface area contributed by atoms with E-state index in [9.17, 15) is 4.79 Å². The van der Waals surface area contributed by atoms with Crippen molar-refractivity contribution in [2.75, 3.05) is 6.61 Å². The van der Waals surface area contributed by atoms with E-state index in [4.69, 9.17) is 10.00 Å². The molecular weight excluding hydrogens is 344 g/mol. The lowest BCUT2D eigenvalue weighted by molar-refractivity contribution is -0.123. The average Bonchev–Trinajstić information content (AvgIpc) is 3.26. The Morgan fingerprint density at radius 2 is 1.96 bits per heavy atom. The monoisotopic (exact) mass is 360 g/mol. The summed E-state index contributed by atoms with van der Waals surface area (Å²) in [5, 5.41) is 16.9. The summed E-state index contributed by atoms with van der Waals surface area (Å²) in [5.41, 5.74) is 5.40. The van der Waals surface area contributed by atoms with Crippen LogP contribution >= 0.6 is 0 Å². The van der Waals surface area contributed by atoms with E-state index >= 15 is 0 Å². The van der Waals surface area contributed by atoms with Crippen molar-refractivity contribution < 1.29 is 9.53 Å². The summed E-state index contributed by atoms with van der Waals surface area (Å²) in [7, 11) is 0. The van der Waals surface area contributed by atoms with Gasteiger partial charge in [0.05, 0.1) is 23.0 Å². The van der Waals surface area contributed by atoms with Gasteiger partial charge in [0.2, 0.25) is 0 Å². The number of nitriles is 1. The molecule has 0 spiro atoms. The molecule has 0 saturated heterocycles. The molecule has 0 atom stereocenters. The molecule has 3 aromatic rings. The second-order valence-corrected chi connectivity index (χ2v) is 5.54. The predicted molar refractivity (Wildman–Crippen MR) is 98.4 cm³/mol. The number of ether oxygens (including phenoxy) is 1. The molecule has 0 bridgehead atoms. The number of nitrogens with zero attached hydrogens (tertiary/aromatic N) is 5. The fraction of sp³-hybridized carbons (Fsp3) is 0.105. The maximum Gasteiger partial charge on any atom is 0.277 e. The van der Waals surface area contributed by atoms with Gasteiger partial charge in [-0.3, -0.25) is 4.79 Å². The van der Waals surface area contributed by atoms with Crippen LogP contribution in [-0.4, -0.2) is 33.0 Å². The van der Waals surface area contributed by atoms with Gasteiger partial charge in [0.25, 0.3) is 5.91 Å². The Morgan fingerprint density at radius 3 is 2.59 bits per heavy atom. The van der Waals surface area contributed by atoms with Gasteiger partial charge in [0.1, 0.15) is 18.4 Å². The number of benzene rings is 2. The van der Waals surface area contributed by atoms with Crippen LogP contribution in [0.1, 0.15) is 18.1 Å².